The first-order chi connectivity index (χ1) is 3.00. The molecule has 0 heterocycles. The molecule has 0 aliphatic rings. The molecule has 0 unspecified atom stereocenters. The topological polar surface area (TPSA) is 102 Å². The fourth-order valence-corrected chi connectivity index (χ4v) is 0. The van der Waals surface area contributed by atoms with Gasteiger partial charge in [-0.05, 0) is 0 Å². The lowest BCUT2D eigenvalue weighted by Crippen LogP contribution is -0.674. The SMILES string of the molecule is C.O=O.O=O.O=O.S.[2HH]. The van der Waals surface area contributed by atoms with Crippen molar-refractivity contribution in [3.05, 3.63) is 29.8 Å². The minimum absolute atomic E-state index is 0. The van der Waals surface area contributed by atoms with E-state index in [0.717, 1.165) is 0 Å². The molecule has 0 atom stereocenters. The van der Waals surface area contributed by atoms with Crippen LogP contribution in [0.4, 0.5) is 0 Å². The Morgan fingerprint density at radius 1 is 0.625 bits per heavy atom. The normalized spacial score (nSPS) is 1.50. The maximum absolute atomic E-state index is 7.00. The van der Waals surface area contributed by atoms with Crippen LogP contribution in [0.5, 0.6) is 0 Å². The molecule has 0 aliphatic heterocycles. The summed E-state index contributed by atoms with van der Waals surface area (Å²) >= 11 is 0. The molecule has 0 fully saturated rings. The average molecular weight is 149 g/mol. The molecular weight excluding hydrogens is 140 g/mol. The van der Waals surface area contributed by atoms with Crippen LogP contribution in [0.1, 0.15) is 8.85 Å². The third-order valence-electron chi connectivity index (χ3n) is 0. The minimum Gasteiger partial charge on any atom is -0.197 e. The average Bonchev–Trinajstić information content (AvgIpc) is 1.81. The fourth-order valence-electron chi connectivity index (χ4n) is 0. The molecule has 0 N–H and O–H groups in total. The molecule has 54 valence electrons. The molecule has 0 spiro atoms. The second-order valence-corrected chi connectivity index (χ2v) is 0. The predicted octanol–water partition coefficient (Wildman–Crippen LogP) is 1.20. The van der Waals surface area contributed by atoms with E-state index in [1.165, 1.54) is 0 Å². The van der Waals surface area contributed by atoms with E-state index >= 15 is 0 Å². The lowest BCUT2D eigenvalue weighted by molar-refractivity contribution is 2.50. The summed E-state index contributed by atoms with van der Waals surface area (Å²) in [6, 6.07) is 0. The van der Waals surface area contributed by atoms with Gasteiger partial charge < -0.3 is 0 Å². The standard InChI is InChI=1S/CH4.3O2.H2S.H2/c;3*1-2;;/h1H4;;;;1H2;1H/i;;;;;1+1. The summed E-state index contributed by atoms with van der Waals surface area (Å²) in [6.45, 7) is 0. The molecule has 8 heavy (non-hydrogen) atoms. The van der Waals surface area contributed by atoms with E-state index < -0.39 is 0 Å². The Bertz CT molecular complexity index is 17.8. The Balaban J connectivity index is -0.00000000321. The fraction of sp³-hybridized carbons (Fsp3) is 1.00. The highest BCUT2D eigenvalue weighted by molar-refractivity contribution is 7.59. The van der Waals surface area contributed by atoms with Crippen LogP contribution in [-0.2, 0) is 0 Å². The van der Waals surface area contributed by atoms with Gasteiger partial charge in [-0.1, -0.05) is 7.43 Å². The van der Waals surface area contributed by atoms with Crippen LogP contribution < -0.4 is 0 Å². The summed E-state index contributed by atoms with van der Waals surface area (Å²) in [4.78, 5) is 42.0. The molecular formula is CH8O6S. The lowest BCUT2D eigenvalue weighted by atomic mass is 12.0. The van der Waals surface area contributed by atoms with Crippen LogP contribution in [0.3, 0.4) is 0 Å². The largest absolute Gasteiger partial charge is 0.197 e. The zero-order valence-electron chi connectivity index (χ0n) is 2.95. The van der Waals surface area contributed by atoms with E-state index in [2.05, 4.69) is 0 Å². The van der Waals surface area contributed by atoms with Crippen molar-refractivity contribution in [2.75, 3.05) is 0 Å². The quantitative estimate of drug-likeness (QED) is 0.512. The van der Waals surface area contributed by atoms with Gasteiger partial charge in [0.1, 0.15) is 0 Å². The molecule has 0 aliphatic carbocycles. The molecule has 0 aromatic heterocycles. The summed E-state index contributed by atoms with van der Waals surface area (Å²) in [7, 11) is 0. The Labute approximate surface area is 53.2 Å². The highest BCUT2D eigenvalue weighted by Crippen LogP contribution is 0.745. The first kappa shape index (κ1) is 58.5. The first-order valence-corrected chi connectivity index (χ1v) is 0.500. The van der Waals surface area contributed by atoms with E-state index in [-0.39, 0.29) is 22.3 Å². The maximum atomic E-state index is 7.00. The van der Waals surface area contributed by atoms with Crippen molar-refractivity contribution in [2.45, 2.75) is 7.43 Å². The van der Waals surface area contributed by atoms with Gasteiger partial charge in [-0.25, -0.2) is 0 Å². The first-order valence-electron chi connectivity index (χ1n) is 0.500. The molecule has 0 aromatic rings. The highest BCUT2D eigenvalue weighted by Gasteiger charge is 0.711. The minimum atomic E-state index is 0. The van der Waals surface area contributed by atoms with Gasteiger partial charge in [-0.3, -0.25) is 0 Å². The molecule has 0 aromatic carbocycles. The maximum Gasteiger partial charge on any atom is 0 e. The molecule has 0 rings (SSSR count). The number of hydrogen-bond donors (Lipinski definition) is 0. The molecule has 0 saturated heterocycles. The van der Waals surface area contributed by atoms with Crippen LogP contribution in [-0.4, -0.2) is 0 Å². The van der Waals surface area contributed by atoms with Gasteiger partial charge in [-0.15, -0.1) is 0 Å². The van der Waals surface area contributed by atoms with E-state index in [1.807, 2.05) is 0 Å². The molecule has 6 nitrogen and oxygen atoms in total. The molecule has 0 amide bonds. The van der Waals surface area contributed by atoms with Crippen molar-refractivity contribution in [3.63, 3.8) is 0 Å². The van der Waals surface area contributed by atoms with Gasteiger partial charge in [-0.2, -0.15) is 13.5 Å². The van der Waals surface area contributed by atoms with Crippen LogP contribution in [0.2, 0.25) is 0 Å². The van der Waals surface area contributed by atoms with E-state index in [4.69, 9.17) is 29.8 Å². The van der Waals surface area contributed by atoms with Gasteiger partial charge in [0.2, 0.25) is 0 Å². The Morgan fingerprint density at radius 3 is 0.625 bits per heavy atom. The van der Waals surface area contributed by atoms with Gasteiger partial charge in [0.05, 0.1) is 0 Å². The Morgan fingerprint density at radius 2 is 0.625 bits per heavy atom. The Hall–Kier alpha value is -0.850. The third-order valence-corrected chi connectivity index (χ3v) is 0. The van der Waals surface area contributed by atoms with Gasteiger partial charge in [0.15, 0.2) is 0 Å². The van der Waals surface area contributed by atoms with Crippen LogP contribution in [0.25, 0.3) is 0 Å². The van der Waals surface area contributed by atoms with Crippen LogP contribution >= 0.6 is 13.5 Å². The van der Waals surface area contributed by atoms with Gasteiger partial charge in [0.25, 0.3) is 0 Å². The van der Waals surface area contributed by atoms with Crippen LogP contribution in [0, 0.1) is 29.8 Å². The van der Waals surface area contributed by atoms with Crippen molar-refractivity contribution in [3.8, 4) is 0 Å². The van der Waals surface area contributed by atoms with Crippen molar-refractivity contribution in [2.24, 2.45) is 0 Å². The monoisotopic (exact) mass is 149 g/mol. The second kappa shape index (κ2) is 226. The summed E-state index contributed by atoms with van der Waals surface area (Å²) in [5, 5.41) is 0. The zero-order valence-corrected chi connectivity index (χ0v) is 3.95. The molecule has 0 bridgehead atoms. The van der Waals surface area contributed by atoms with E-state index in [0.29, 0.717) is 0 Å². The van der Waals surface area contributed by atoms with Gasteiger partial charge in [0, 0.05) is 31.2 Å². The van der Waals surface area contributed by atoms with Crippen molar-refractivity contribution < 1.29 is 1.43 Å². The third kappa shape index (κ3) is 123. The molecule has 0 radical (unpaired) electrons. The molecule has 7 heteroatoms. The zero-order chi connectivity index (χ0) is 6.00. The summed E-state index contributed by atoms with van der Waals surface area (Å²) in [5.74, 6) is 0. The summed E-state index contributed by atoms with van der Waals surface area (Å²) in [6.07, 6.45) is 0. The Kier molecular flexibility index (Phi) is 1650. The predicted molar refractivity (Wildman–Crippen MR) is 39.4 cm³/mol. The van der Waals surface area contributed by atoms with Crippen molar-refractivity contribution >= 4 is 13.5 Å². The summed E-state index contributed by atoms with van der Waals surface area (Å²) in [5.41, 5.74) is 0. The number of rotatable bonds is 0. The lowest BCUT2D eigenvalue weighted by Gasteiger charge is -0.707. The van der Waals surface area contributed by atoms with Crippen LogP contribution in [0.15, 0.2) is 0 Å². The second-order valence-electron chi connectivity index (χ2n) is 0. The highest BCUT2D eigenvalue weighted by atomic mass is 32.1. The van der Waals surface area contributed by atoms with Crippen molar-refractivity contribution in [1.82, 2.24) is 0 Å². The number of hydrogen-bond acceptors (Lipinski definition) is 6. The molecule has 0 saturated carbocycles. The van der Waals surface area contributed by atoms with Crippen molar-refractivity contribution in [1.29, 1.82) is 0 Å². The summed E-state index contributed by atoms with van der Waals surface area (Å²) < 4.78 is 0. The smallest absolute Gasteiger partial charge is 0 e. The van der Waals surface area contributed by atoms with Gasteiger partial charge >= 0.3 is 0 Å². The van der Waals surface area contributed by atoms with E-state index in [9.17, 15) is 0 Å². The van der Waals surface area contributed by atoms with E-state index in [1.54, 1.807) is 0 Å².